The zero-order chi connectivity index (χ0) is 87.1. The van der Waals surface area contributed by atoms with E-state index in [1.807, 2.05) is 20.8 Å². The standard InChI is InChI=1S/2C20H24Si.2C20H26Si.2C14H30Si.C5H12O/c2*1-20(14-8-3-9-15-20)21(2)18-12-6-4-10-16(18)17-11-5-7-13-19(17)21;2*1-20(16-10-5-11-17-20)21(2,18-12-6-3-7-13-18)19-14-8-4-9-15-19;2*1-12(2)15(6,13(3)4)14(5)10-8-7-9-11-14;1-5(2,3)6-4/h2*4-7,10-13H,3,8-9,14-15H2,1-2H3;2*3-4,6-9,12-15H,5,10-11,16-17H2,1-2H3;2*12-13H,7-11H2,1-6H3;1-4H3. The van der Waals surface area contributed by atoms with Gasteiger partial charge in [0.05, 0.1) is 21.7 Å². The van der Waals surface area contributed by atoms with Gasteiger partial charge in [0.2, 0.25) is 0 Å². The monoisotopic (exact) mass is 1710 g/mol. The van der Waals surface area contributed by atoms with Crippen LogP contribution in [-0.4, -0.2) is 61.2 Å². The average molecular weight is 1720 g/mol. The maximum atomic E-state index is 4.94. The molecule has 1 nitrogen and oxygen atoms in total. The second-order valence-corrected chi connectivity index (χ2v) is 74.8. The molecule has 0 spiro atoms. The number of methoxy groups -OCH3 is 1. The molecule has 0 N–H and O–H groups in total. The molecule has 0 aromatic heterocycles. The van der Waals surface area contributed by atoms with Crippen LogP contribution in [0.25, 0.3) is 22.3 Å². The molecule has 2 heterocycles. The van der Waals surface area contributed by atoms with Gasteiger partial charge >= 0.3 is 0 Å². The Morgan fingerprint density at radius 1 is 0.258 bits per heavy atom. The third-order valence-electron chi connectivity index (χ3n) is 36.4. The minimum atomic E-state index is -1.73. The highest BCUT2D eigenvalue weighted by Gasteiger charge is 2.58. The van der Waals surface area contributed by atoms with Crippen LogP contribution in [0.5, 0.6) is 0 Å². The van der Waals surface area contributed by atoms with Gasteiger partial charge < -0.3 is 4.74 Å². The van der Waals surface area contributed by atoms with Crippen molar-refractivity contribution in [2.45, 2.75) is 408 Å². The fourth-order valence-electron chi connectivity index (χ4n) is 26.2. The van der Waals surface area contributed by atoms with Gasteiger partial charge in [-0.2, -0.15) is 0 Å². The lowest BCUT2D eigenvalue weighted by atomic mass is 9.90. The molecule has 16 rings (SSSR count). The number of benzene rings is 8. The summed E-state index contributed by atoms with van der Waals surface area (Å²) in [6, 6.07) is 82.3. The van der Waals surface area contributed by atoms with Crippen molar-refractivity contribution in [2.75, 3.05) is 7.11 Å². The van der Waals surface area contributed by atoms with Crippen molar-refractivity contribution in [2.24, 2.45) is 0 Å². The molecule has 654 valence electrons. The third kappa shape index (κ3) is 19.7. The molecule has 120 heavy (non-hydrogen) atoms. The minimum Gasteiger partial charge on any atom is -0.379 e. The van der Waals surface area contributed by atoms with E-state index in [1.165, 1.54) is 215 Å². The Hall–Kier alpha value is -4.98. The van der Waals surface area contributed by atoms with Crippen LogP contribution in [0.2, 0.25) is 91.7 Å². The van der Waals surface area contributed by atoms with Gasteiger partial charge in [-0.1, -0.05) is 539 Å². The number of ether oxygens (including phenoxy) is 1. The molecule has 0 atom stereocenters. The summed E-state index contributed by atoms with van der Waals surface area (Å²) in [6.07, 6.45) is 43.1. The highest BCUT2D eigenvalue weighted by atomic mass is 28.3. The van der Waals surface area contributed by atoms with Crippen molar-refractivity contribution in [3.63, 3.8) is 0 Å². The van der Waals surface area contributed by atoms with Crippen molar-refractivity contribution in [1.82, 2.24) is 0 Å². The smallest absolute Gasteiger partial charge is 0.122 e. The summed E-state index contributed by atoms with van der Waals surface area (Å²) in [7, 11) is -7.30. The van der Waals surface area contributed by atoms with Crippen molar-refractivity contribution >= 4 is 89.9 Å². The van der Waals surface area contributed by atoms with E-state index in [9.17, 15) is 0 Å². The fourth-order valence-corrected chi connectivity index (χ4v) is 57.5. The van der Waals surface area contributed by atoms with E-state index in [2.05, 4.69) is 355 Å². The normalized spacial score (nSPS) is 20.2. The molecular weight excluding hydrogens is 1540 g/mol. The van der Waals surface area contributed by atoms with Crippen molar-refractivity contribution in [3.8, 4) is 22.3 Å². The maximum absolute atomic E-state index is 4.94. The summed E-state index contributed by atoms with van der Waals surface area (Å²) in [5.41, 5.74) is 9.86. The Morgan fingerprint density at radius 3 is 0.608 bits per heavy atom. The maximum Gasteiger partial charge on any atom is 0.122 e. The molecule has 0 bridgehead atoms. The zero-order valence-corrected chi connectivity index (χ0v) is 87.2. The van der Waals surface area contributed by atoms with Gasteiger partial charge in [-0.25, -0.2) is 0 Å². The Morgan fingerprint density at radius 2 is 0.425 bits per heavy atom. The van der Waals surface area contributed by atoms with Crippen LogP contribution in [0.15, 0.2) is 218 Å². The van der Waals surface area contributed by atoms with E-state index in [0.717, 1.165) is 22.2 Å². The Kier molecular flexibility index (Phi) is 33.4. The topological polar surface area (TPSA) is 9.23 Å². The van der Waals surface area contributed by atoms with Gasteiger partial charge in [-0.3, -0.25) is 0 Å². The number of hydrogen-bond acceptors (Lipinski definition) is 1. The van der Waals surface area contributed by atoms with E-state index in [4.69, 9.17) is 4.74 Å². The second kappa shape index (κ2) is 41.2. The summed E-state index contributed by atoms with van der Waals surface area (Å²) >= 11 is 0. The first-order valence-electron chi connectivity index (χ1n) is 49.1. The van der Waals surface area contributed by atoms with Crippen LogP contribution in [0.4, 0.5) is 0 Å². The van der Waals surface area contributed by atoms with Gasteiger partial charge in [0.25, 0.3) is 0 Å². The first-order valence-corrected chi connectivity index (χ1v) is 64.4. The minimum absolute atomic E-state index is 0.0417. The molecule has 0 amide bonds. The van der Waals surface area contributed by atoms with Crippen LogP contribution >= 0.6 is 0 Å². The zero-order valence-electron chi connectivity index (χ0n) is 81.2. The summed E-state index contributed by atoms with van der Waals surface area (Å²) in [4.78, 5) is 0. The molecule has 6 fully saturated rings. The van der Waals surface area contributed by atoms with Gasteiger partial charge in [0, 0.05) is 7.11 Å². The second-order valence-electron chi connectivity index (χ2n) is 44.4. The lowest BCUT2D eigenvalue weighted by Gasteiger charge is -2.53. The molecule has 8 aromatic rings. The van der Waals surface area contributed by atoms with E-state index in [1.54, 1.807) is 48.6 Å². The lowest BCUT2D eigenvalue weighted by Crippen LogP contribution is -2.63. The molecule has 8 aromatic carbocycles. The predicted molar refractivity (Wildman–Crippen MR) is 552 cm³/mol. The lowest BCUT2D eigenvalue weighted by molar-refractivity contribution is 0.0397. The molecule has 2 aliphatic heterocycles. The Bertz CT molecular complexity index is 3890. The van der Waals surface area contributed by atoms with Crippen molar-refractivity contribution in [1.29, 1.82) is 0 Å². The average Bonchev–Trinajstić information content (AvgIpc) is 1.52. The first-order chi connectivity index (χ1) is 56.9. The largest absolute Gasteiger partial charge is 0.379 e. The number of hydrogen-bond donors (Lipinski definition) is 0. The van der Waals surface area contributed by atoms with Crippen LogP contribution in [0.3, 0.4) is 0 Å². The molecule has 0 unspecified atom stereocenters. The first kappa shape index (κ1) is 97.2. The molecule has 7 heteroatoms. The highest BCUT2D eigenvalue weighted by molar-refractivity contribution is 7.07. The van der Waals surface area contributed by atoms with Crippen LogP contribution in [0, 0.1) is 0 Å². The quantitative estimate of drug-likeness (QED) is 0.0986. The molecule has 0 radical (unpaired) electrons. The van der Waals surface area contributed by atoms with E-state index >= 15 is 0 Å². The highest BCUT2D eigenvalue weighted by Crippen LogP contribution is 2.61. The Labute approximate surface area is 744 Å². The Balaban J connectivity index is 0.000000150. The number of rotatable bonds is 14. The van der Waals surface area contributed by atoms with E-state index in [-0.39, 0.29) is 5.60 Å². The molecule has 0 saturated heterocycles. The van der Waals surface area contributed by atoms with E-state index < -0.39 is 48.4 Å². The fraction of sp³-hybridized carbons (Fsp3) is 0.575. The molecular formula is C113H172OSi6. The molecule has 6 saturated carbocycles. The predicted octanol–water partition coefficient (Wildman–Crippen LogP) is 31.0. The van der Waals surface area contributed by atoms with Gasteiger partial charge in [-0.05, 0) is 145 Å². The van der Waals surface area contributed by atoms with Crippen LogP contribution < -0.4 is 41.5 Å². The van der Waals surface area contributed by atoms with Crippen LogP contribution in [0.1, 0.15) is 310 Å². The SMILES string of the molecule is CC(C)[Si](C)(C(C)C)C1(C)CCCCC1.CC(C)[Si](C)(C(C)C)C1(C)CCCCC1.CC1([Si](C)(c2ccccc2)c2ccccc2)CCCCC1.CC1([Si](C)(c2ccccc2)c2ccccc2)CCCCC1.CC1([Si]2(C)c3ccccc3-c3ccccc32)CCCCC1.CC1([Si]2(C)c3ccccc3-c3ccccc32)CCCCC1.COC(C)(C)C. The summed E-state index contributed by atoms with van der Waals surface area (Å²) < 4.78 is 4.94. The van der Waals surface area contributed by atoms with Gasteiger partial charge in [0.15, 0.2) is 0 Å². The van der Waals surface area contributed by atoms with E-state index in [0.29, 0.717) is 30.2 Å². The van der Waals surface area contributed by atoms with Crippen LogP contribution in [-0.2, 0) is 4.74 Å². The molecule has 8 aliphatic rings. The molecule has 6 aliphatic carbocycles. The summed E-state index contributed by atoms with van der Waals surface area (Å²) in [5, 5.41) is 16.6. The van der Waals surface area contributed by atoms with Crippen molar-refractivity contribution in [3.05, 3.63) is 218 Å². The van der Waals surface area contributed by atoms with Gasteiger partial charge in [-0.15, -0.1) is 0 Å². The third-order valence-corrected chi connectivity index (χ3v) is 75.9. The summed E-state index contributed by atoms with van der Waals surface area (Å²) in [6.45, 7) is 57.3. The van der Waals surface area contributed by atoms with Crippen molar-refractivity contribution < 1.29 is 4.74 Å². The van der Waals surface area contributed by atoms with Gasteiger partial charge in [0.1, 0.15) is 32.3 Å². The summed E-state index contributed by atoms with van der Waals surface area (Å²) in [5.74, 6) is 0. The number of fused-ring (bicyclic) bond motifs is 6.